The third-order valence-corrected chi connectivity index (χ3v) is 12.8. The molecule has 0 fully saturated rings. The van der Waals surface area contributed by atoms with E-state index < -0.39 is 5.41 Å². The fourth-order valence-corrected chi connectivity index (χ4v) is 10.5. The van der Waals surface area contributed by atoms with E-state index in [1.807, 2.05) is 0 Å². The SMILES string of the molecule is c1ccc(-c2ccc3c(c2)c2ccccc2n3-c2cccc3c2-c2ccccc2C32c3ccccc3-c3cc4oc5c(-c6ccccc6)cccc5c4cc32)cc1. The number of para-hydroxylation sites is 2. The van der Waals surface area contributed by atoms with Crippen LogP contribution in [0.25, 0.3) is 93.9 Å². The number of furan rings is 1. The Morgan fingerprint density at radius 3 is 1.82 bits per heavy atom. The van der Waals surface area contributed by atoms with Crippen LogP contribution in [0.2, 0.25) is 0 Å². The molecule has 2 heterocycles. The van der Waals surface area contributed by atoms with Crippen LogP contribution in [-0.4, -0.2) is 4.57 Å². The van der Waals surface area contributed by atoms with E-state index in [4.69, 9.17) is 4.42 Å². The highest BCUT2D eigenvalue weighted by molar-refractivity contribution is 6.14. The van der Waals surface area contributed by atoms with Gasteiger partial charge in [0.05, 0.1) is 22.1 Å². The average molecular weight is 724 g/mol. The third kappa shape index (κ3) is 3.99. The highest BCUT2D eigenvalue weighted by Gasteiger charge is 2.52. The average Bonchev–Trinajstić information content (AvgIpc) is 3.99. The lowest BCUT2D eigenvalue weighted by molar-refractivity contribution is 0.670. The van der Waals surface area contributed by atoms with E-state index in [0.29, 0.717) is 0 Å². The van der Waals surface area contributed by atoms with E-state index in [9.17, 15) is 0 Å². The van der Waals surface area contributed by atoms with Crippen molar-refractivity contribution in [2.45, 2.75) is 5.41 Å². The number of hydrogen-bond donors (Lipinski definition) is 0. The zero-order chi connectivity index (χ0) is 37.2. The van der Waals surface area contributed by atoms with Crippen LogP contribution in [0.5, 0.6) is 0 Å². The molecule has 0 N–H and O–H groups in total. The molecule has 0 radical (unpaired) electrons. The van der Waals surface area contributed by atoms with Crippen molar-refractivity contribution in [3.8, 4) is 50.2 Å². The molecule has 11 aromatic rings. The fraction of sp³-hybridized carbons (Fsp3) is 0.0182. The second kappa shape index (κ2) is 11.3. The van der Waals surface area contributed by atoms with Gasteiger partial charge in [0.25, 0.3) is 0 Å². The van der Waals surface area contributed by atoms with Crippen LogP contribution in [0.15, 0.2) is 205 Å². The zero-order valence-electron chi connectivity index (χ0n) is 30.9. The van der Waals surface area contributed by atoms with Gasteiger partial charge in [0, 0.05) is 32.7 Å². The molecule has 1 spiro atoms. The van der Waals surface area contributed by atoms with Crippen LogP contribution in [0.3, 0.4) is 0 Å². The first kappa shape index (κ1) is 30.9. The fourth-order valence-electron chi connectivity index (χ4n) is 10.5. The van der Waals surface area contributed by atoms with Crippen molar-refractivity contribution in [1.82, 2.24) is 4.57 Å². The van der Waals surface area contributed by atoms with Crippen molar-refractivity contribution in [3.05, 3.63) is 222 Å². The van der Waals surface area contributed by atoms with E-state index in [1.165, 1.54) is 83.1 Å². The number of benzene rings is 9. The molecule has 1 unspecified atom stereocenters. The maximum atomic E-state index is 6.85. The number of rotatable bonds is 3. The van der Waals surface area contributed by atoms with Gasteiger partial charge in [0.2, 0.25) is 0 Å². The highest BCUT2D eigenvalue weighted by Crippen LogP contribution is 2.64. The van der Waals surface area contributed by atoms with Gasteiger partial charge in [-0.2, -0.15) is 0 Å². The second-order valence-corrected chi connectivity index (χ2v) is 15.5. The molecule has 57 heavy (non-hydrogen) atoms. The zero-order valence-corrected chi connectivity index (χ0v) is 30.9. The standard InChI is InChI=1S/C55H33NO/c1-3-15-34(16-4-1)36-29-30-50-43(31-36)39-20-9-12-27-49(39)56(50)51-28-14-26-47-53(51)41-21-8-11-25-46(41)55(47)45-24-10-7-19-38(45)42-33-52-44(32-48(42)55)40-23-13-22-37(54(40)57-52)35-17-5-2-6-18-35/h1-33H. The Bertz CT molecular complexity index is 3460. The lowest BCUT2D eigenvalue weighted by Gasteiger charge is -2.30. The first-order valence-corrected chi connectivity index (χ1v) is 19.8. The van der Waals surface area contributed by atoms with Crippen molar-refractivity contribution < 1.29 is 4.42 Å². The molecule has 2 nitrogen and oxygen atoms in total. The predicted octanol–water partition coefficient (Wildman–Crippen LogP) is 14.4. The summed E-state index contributed by atoms with van der Waals surface area (Å²) in [5, 5.41) is 4.80. The van der Waals surface area contributed by atoms with E-state index in [2.05, 4.69) is 205 Å². The Morgan fingerprint density at radius 2 is 0.982 bits per heavy atom. The molecular formula is C55H33NO. The number of nitrogens with zero attached hydrogens (tertiary/aromatic N) is 1. The smallest absolute Gasteiger partial charge is 0.143 e. The minimum Gasteiger partial charge on any atom is -0.455 e. The first-order chi connectivity index (χ1) is 28.3. The first-order valence-electron chi connectivity index (χ1n) is 19.8. The largest absolute Gasteiger partial charge is 0.455 e. The normalized spacial score (nSPS) is 15.1. The summed E-state index contributed by atoms with van der Waals surface area (Å²) in [5.41, 5.74) is 20.0. The molecular weight excluding hydrogens is 691 g/mol. The van der Waals surface area contributed by atoms with Gasteiger partial charge < -0.3 is 8.98 Å². The number of aromatic nitrogens is 1. The summed E-state index contributed by atoms with van der Waals surface area (Å²) in [5.74, 6) is 0. The maximum absolute atomic E-state index is 6.85. The van der Waals surface area contributed by atoms with Crippen molar-refractivity contribution in [2.75, 3.05) is 0 Å². The van der Waals surface area contributed by atoms with Gasteiger partial charge in [0.1, 0.15) is 11.2 Å². The lowest BCUT2D eigenvalue weighted by atomic mass is 9.70. The molecule has 2 heteroatoms. The van der Waals surface area contributed by atoms with E-state index in [0.717, 1.165) is 33.1 Å². The lowest BCUT2D eigenvalue weighted by Crippen LogP contribution is -2.25. The summed E-state index contributed by atoms with van der Waals surface area (Å²) in [7, 11) is 0. The summed E-state index contributed by atoms with van der Waals surface area (Å²) in [6, 6.07) is 73.6. The molecule has 264 valence electrons. The Morgan fingerprint density at radius 1 is 0.351 bits per heavy atom. The summed E-state index contributed by atoms with van der Waals surface area (Å²) in [6.45, 7) is 0. The molecule has 1 atom stereocenters. The summed E-state index contributed by atoms with van der Waals surface area (Å²) in [6.07, 6.45) is 0. The van der Waals surface area contributed by atoms with Crippen LogP contribution in [0.4, 0.5) is 0 Å². The molecule has 2 aromatic heterocycles. The molecule has 13 rings (SSSR count). The van der Waals surface area contributed by atoms with Crippen LogP contribution in [0.1, 0.15) is 22.3 Å². The predicted molar refractivity (Wildman–Crippen MR) is 235 cm³/mol. The van der Waals surface area contributed by atoms with E-state index in [-0.39, 0.29) is 0 Å². The highest BCUT2D eigenvalue weighted by atomic mass is 16.3. The molecule has 0 aliphatic heterocycles. The Hall–Kier alpha value is -7.42. The minimum atomic E-state index is -0.512. The Kier molecular flexibility index (Phi) is 6.13. The monoisotopic (exact) mass is 723 g/mol. The van der Waals surface area contributed by atoms with Crippen molar-refractivity contribution >= 4 is 43.7 Å². The summed E-state index contributed by atoms with van der Waals surface area (Å²) >= 11 is 0. The van der Waals surface area contributed by atoms with Crippen LogP contribution < -0.4 is 0 Å². The van der Waals surface area contributed by atoms with Crippen molar-refractivity contribution in [2.24, 2.45) is 0 Å². The van der Waals surface area contributed by atoms with Gasteiger partial charge in [-0.1, -0.05) is 164 Å². The third-order valence-electron chi connectivity index (χ3n) is 12.8. The van der Waals surface area contributed by atoms with Crippen LogP contribution >= 0.6 is 0 Å². The Labute approximate surface area is 329 Å². The molecule has 2 aliphatic rings. The summed E-state index contributed by atoms with van der Waals surface area (Å²) in [4.78, 5) is 0. The van der Waals surface area contributed by atoms with Crippen LogP contribution in [0, 0.1) is 0 Å². The molecule has 0 amide bonds. The molecule has 9 aromatic carbocycles. The van der Waals surface area contributed by atoms with Gasteiger partial charge in [-0.3, -0.25) is 0 Å². The number of hydrogen-bond acceptors (Lipinski definition) is 1. The topological polar surface area (TPSA) is 18.1 Å². The summed E-state index contributed by atoms with van der Waals surface area (Å²) < 4.78 is 9.36. The number of fused-ring (bicyclic) bond motifs is 16. The van der Waals surface area contributed by atoms with Gasteiger partial charge in [0.15, 0.2) is 0 Å². The quantitative estimate of drug-likeness (QED) is 0.177. The van der Waals surface area contributed by atoms with Gasteiger partial charge in [-0.05, 0) is 92.0 Å². The molecule has 0 bridgehead atoms. The van der Waals surface area contributed by atoms with Crippen LogP contribution in [-0.2, 0) is 5.41 Å². The molecule has 0 saturated carbocycles. The van der Waals surface area contributed by atoms with Crippen molar-refractivity contribution in [1.29, 1.82) is 0 Å². The van der Waals surface area contributed by atoms with E-state index in [1.54, 1.807) is 0 Å². The van der Waals surface area contributed by atoms with Crippen molar-refractivity contribution in [3.63, 3.8) is 0 Å². The van der Waals surface area contributed by atoms with Gasteiger partial charge >= 0.3 is 0 Å². The Balaban J connectivity index is 1.11. The molecule has 2 aliphatic carbocycles. The molecule has 0 saturated heterocycles. The van der Waals surface area contributed by atoms with E-state index >= 15 is 0 Å². The second-order valence-electron chi connectivity index (χ2n) is 15.5. The van der Waals surface area contributed by atoms with Gasteiger partial charge in [-0.15, -0.1) is 0 Å². The van der Waals surface area contributed by atoms with Gasteiger partial charge in [-0.25, -0.2) is 0 Å². The minimum absolute atomic E-state index is 0.512. The maximum Gasteiger partial charge on any atom is 0.143 e.